The number of hydrogen-bond acceptors (Lipinski definition) is 0. The Morgan fingerprint density at radius 2 is 1.00 bits per heavy atom. The molecular formula is C21H36. The van der Waals surface area contributed by atoms with Crippen LogP contribution in [0.15, 0.2) is 12.2 Å². The molecule has 0 heterocycles. The molecule has 0 spiro atoms. The minimum Gasteiger partial charge on any atom is -0.0851 e. The zero-order chi connectivity index (χ0) is 14.5. The Labute approximate surface area is 132 Å². The molecule has 0 aliphatic heterocycles. The van der Waals surface area contributed by atoms with E-state index in [0.717, 1.165) is 29.6 Å². The van der Waals surface area contributed by atoms with Crippen molar-refractivity contribution in [3.63, 3.8) is 0 Å². The number of allylic oxidation sites excluding steroid dienone is 2. The molecule has 0 aromatic heterocycles. The second-order valence-electron chi connectivity index (χ2n) is 8.48. The van der Waals surface area contributed by atoms with Gasteiger partial charge in [0.15, 0.2) is 0 Å². The van der Waals surface area contributed by atoms with Gasteiger partial charge in [0.25, 0.3) is 0 Å². The van der Waals surface area contributed by atoms with Gasteiger partial charge in [-0.1, -0.05) is 64.0 Å². The largest absolute Gasteiger partial charge is 0.0851 e. The Morgan fingerprint density at radius 1 is 0.524 bits per heavy atom. The molecule has 120 valence electrons. The first-order valence-corrected chi connectivity index (χ1v) is 9.99. The van der Waals surface area contributed by atoms with E-state index in [9.17, 15) is 0 Å². The van der Waals surface area contributed by atoms with Gasteiger partial charge in [-0.15, -0.1) is 0 Å². The minimum atomic E-state index is 0.914. The summed E-state index contributed by atoms with van der Waals surface area (Å²) in [4.78, 5) is 0. The molecule has 3 rings (SSSR count). The number of hydrogen-bond donors (Lipinski definition) is 0. The first kappa shape index (κ1) is 15.6. The third-order valence-corrected chi connectivity index (χ3v) is 6.85. The van der Waals surface area contributed by atoms with Crippen molar-refractivity contribution in [1.29, 1.82) is 0 Å². The van der Waals surface area contributed by atoms with E-state index < -0.39 is 0 Å². The summed E-state index contributed by atoms with van der Waals surface area (Å²) in [6.45, 7) is 2.42. The fourth-order valence-electron chi connectivity index (χ4n) is 5.21. The minimum absolute atomic E-state index is 0.914. The highest BCUT2D eigenvalue weighted by molar-refractivity contribution is 4.96. The van der Waals surface area contributed by atoms with E-state index >= 15 is 0 Å². The normalized spacial score (nSPS) is 39.7. The standard InChI is InChI=1S/C21H36/c1-17-7-9-18(10-8-17)11-12-19-13-15-21(16-14-19)20-5-3-2-4-6-20/h11-12,17-21H,2-10,13-16H2,1H3/b12-11+. The smallest absolute Gasteiger partial charge is 0.0233 e. The highest BCUT2D eigenvalue weighted by Crippen LogP contribution is 2.40. The average molecular weight is 289 g/mol. The molecule has 0 atom stereocenters. The van der Waals surface area contributed by atoms with Crippen LogP contribution in [0.5, 0.6) is 0 Å². The van der Waals surface area contributed by atoms with Crippen LogP contribution in [0.25, 0.3) is 0 Å². The van der Waals surface area contributed by atoms with Crippen molar-refractivity contribution in [3.8, 4) is 0 Å². The lowest BCUT2D eigenvalue weighted by molar-refractivity contribution is 0.179. The molecule has 3 fully saturated rings. The van der Waals surface area contributed by atoms with Crippen molar-refractivity contribution in [1.82, 2.24) is 0 Å². The average Bonchev–Trinajstić information content (AvgIpc) is 2.56. The fraction of sp³-hybridized carbons (Fsp3) is 0.905. The first-order valence-electron chi connectivity index (χ1n) is 9.99. The second kappa shape index (κ2) is 7.84. The predicted octanol–water partition coefficient (Wildman–Crippen LogP) is 6.76. The molecule has 0 amide bonds. The van der Waals surface area contributed by atoms with Gasteiger partial charge in [0.1, 0.15) is 0 Å². The molecule has 0 bridgehead atoms. The molecule has 0 aromatic carbocycles. The fourth-order valence-corrected chi connectivity index (χ4v) is 5.21. The van der Waals surface area contributed by atoms with Gasteiger partial charge >= 0.3 is 0 Å². The first-order chi connectivity index (χ1) is 10.3. The Kier molecular flexibility index (Phi) is 5.83. The van der Waals surface area contributed by atoms with Crippen molar-refractivity contribution >= 4 is 0 Å². The maximum absolute atomic E-state index is 2.62. The van der Waals surface area contributed by atoms with E-state index in [2.05, 4.69) is 19.1 Å². The summed E-state index contributed by atoms with van der Waals surface area (Å²) in [5, 5.41) is 0. The molecule has 0 N–H and O–H groups in total. The van der Waals surface area contributed by atoms with Gasteiger partial charge < -0.3 is 0 Å². The summed E-state index contributed by atoms with van der Waals surface area (Å²) < 4.78 is 0. The van der Waals surface area contributed by atoms with Gasteiger partial charge in [-0.3, -0.25) is 0 Å². The van der Waals surface area contributed by atoms with Crippen LogP contribution in [0.1, 0.15) is 90.4 Å². The van der Waals surface area contributed by atoms with Crippen LogP contribution in [-0.2, 0) is 0 Å². The van der Waals surface area contributed by atoms with Gasteiger partial charge in [0.2, 0.25) is 0 Å². The van der Waals surface area contributed by atoms with Crippen molar-refractivity contribution < 1.29 is 0 Å². The van der Waals surface area contributed by atoms with Crippen LogP contribution in [-0.4, -0.2) is 0 Å². The van der Waals surface area contributed by atoms with E-state index in [4.69, 9.17) is 0 Å². The van der Waals surface area contributed by atoms with E-state index in [1.165, 1.54) is 70.6 Å². The van der Waals surface area contributed by atoms with E-state index in [1.807, 2.05) is 0 Å². The SMILES string of the molecule is CC1CCC(/C=C/C2CCC(C3CCCCC3)CC2)CC1. The zero-order valence-corrected chi connectivity index (χ0v) is 14.2. The van der Waals surface area contributed by atoms with Crippen molar-refractivity contribution in [2.45, 2.75) is 90.4 Å². The van der Waals surface area contributed by atoms with E-state index in [-0.39, 0.29) is 0 Å². The van der Waals surface area contributed by atoms with Crippen molar-refractivity contribution in [3.05, 3.63) is 12.2 Å². The molecule has 3 saturated carbocycles. The summed E-state index contributed by atoms with van der Waals surface area (Å²) in [5.41, 5.74) is 0. The third-order valence-electron chi connectivity index (χ3n) is 6.85. The maximum atomic E-state index is 2.62. The summed E-state index contributed by atoms with van der Waals surface area (Å²) in [6.07, 6.45) is 24.7. The molecule has 21 heavy (non-hydrogen) atoms. The molecular weight excluding hydrogens is 252 g/mol. The van der Waals surface area contributed by atoms with Crippen molar-refractivity contribution in [2.24, 2.45) is 29.6 Å². The Morgan fingerprint density at radius 3 is 1.57 bits per heavy atom. The van der Waals surface area contributed by atoms with Crippen LogP contribution in [0.4, 0.5) is 0 Å². The van der Waals surface area contributed by atoms with Crippen molar-refractivity contribution in [2.75, 3.05) is 0 Å². The summed E-state index contributed by atoms with van der Waals surface area (Å²) >= 11 is 0. The molecule has 0 aromatic rings. The molecule has 0 nitrogen and oxygen atoms in total. The zero-order valence-electron chi connectivity index (χ0n) is 14.2. The molecule has 0 heteroatoms. The van der Waals surface area contributed by atoms with Gasteiger partial charge in [0, 0.05) is 0 Å². The van der Waals surface area contributed by atoms with E-state index in [1.54, 1.807) is 12.8 Å². The molecule has 3 aliphatic carbocycles. The Hall–Kier alpha value is -0.260. The number of rotatable bonds is 3. The van der Waals surface area contributed by atoms with E-state index in [0.29, 0.717) is 0 Å². The van der Waals surface area contributed by atoms with Gasteiger partial charge in [-0.2, -0.15) is 0 Å². The highest BCUT2D eigenvalue weighted by atomic mass is 14.3. The van der Waals surface area contributed by atoms with Crippen LogP contribution in [0, 0.1) is 29.6 Å². The topological polar surface area (TPSA) is 0 Å². The van der Waals surface area contributed by atoms with Crippen LogP contribution >= 0.6 is 0 Å². The quantitative estimate of drug-likeness (QED) is 0.503. The van der Waals surface area contributed by atoms with Crippen LogP contribution < -0.4 is 0 Å². The lowest BCUT2D eigenvalue weighted by atomic mass is 9.71. The lowest BCUT2D eigenvalue weighted by Crippen LogP contribution is -2.23. The van der Waals surface area contributed by atoms with Gasteiger partial charge in [-0.25, -0.2) is 0 Å². The molecule has 0 unspecified atom stereocenters. The molecule has 3 aliphatic rings. The summed E-state index contributed by atoms with van der Waals surface area (Å²) in [5.74, 6) is 5.01. The summed E-state index contributed by atoms with van der Waals surface area (Å²) in [6, 6.07) is 0. The highest BCUT2D eigenvalue weighted by Gasteiger charge is 2.27. The Balaban J connectivity index is 1.39. The van der Waals surface area contributed by atoms with Crippen LogP contribution in [0.3, 0.4) is 0 Å². The predicted molar refractivity (Wildman–Crippen MR) is 92.3 cm³/mol. The van der Waals surface area contributed by atoms with Gasteiger partial charge in [-0.05, 0) is 68.1 Å². The third kappa shape index (κ3) is 4.60. The van der Waals surface area contributed by atoms with Gasteiger partial charge in [0.05, 0.1) is 0 Å². The Bertz CT molecular complexity index is 307. The molecule has 0 saturated heterocycles. The maximum Gasteiger partial charge on any atom is -0.0233 e. The monoisotopic (exact) mass is 288 g/mol. The second-order valence-corrected chi connectivity index (χ2v) is 8.48. The lowest BCUT2D eigenvalue weighted by Gasteiger charge is -2.35. The van der Waals surface area contributed by atoms with Crippen LogP contribution in [0.2, 0.25) is 0 Å². The summed E-state index contributed by atoms with van der Waals surface area (Å²) in [7, 11) is 0. The molecule has 0 radical (unpaired) electrons.